The van der Waals surface area contributed by atoms with Crippen molar-refractivity contribution in [2.45, 2.75) is 25.3 Å². The Balaban J connectivity index is 1.81. The van der Waals surface area contributed by atoms with Crippen LogP contribution in [0.15, 0.2) is 29.4 Å². The molecule has 1 heterocycles. The lowest BCUT2D eigenvalue weighted by Crippen LogP contribution is -2.31. The highest BCUT2D eigenvalue weighted by Gasteiger charge is 2.37. The summed E-state index contributed by atoms with van der Waals surface area (Å²) >= 11 is 0. The number of anilines is 1. The van der Waals surface area contributed by atoms with Gasteiger partial charge in [-0.1, -0.05) is 5.16 Å². The highest BCUT2D eigenvalue weighted by Crippen LogP contribution is 2.40. The topological polar surface area (TPSA) is 61.9 Å². The van der Waals surface area contributed by atoms with Crippen LogP contribution in [0.4, 0.5) is 5.69 Å². The van der Waals surface area contributed by atoms with Crippen molar-refractivity contribution >= 4 is 11.5 Å². The summed E-state index contributed by atoms with van der Waals surface area (Å²) in [5, 5.41) is 11.6. The first-order chi connectivity index (χ1) is 8.28. The minimum Gasteiger partial charge on any atom is -0.409 e. The van der Waals surface area contributed by atoms with Gasteiger partial charge in [0.1, 0.15) is 0 Å². The van der Waals surface area contributed by atoms with Crippen LogP contribution in [0.2, 0.25) is 0 Å². The van der Waals surface area contributed by atoms with Gasteiger partial charge in [0.05, 0.1) is 0 Å². The molecule has 2 bridgehead atoms. The van der Waals surface area contributed by atoms with E-state index in [-0.39, 0.29) is 5.84 Å². The maximum absolute atomic E-state index is 8.61. The number of rotatable bonds is 2. The average molecular weight is 231 g/mol. The molecule has 0 spiro atoms. The SMILES string of the molecule is NC(=NO)c1ccc(N2CC3CCC2C3)cc1. The van der Waals surface area contributed by atoms with Gasteiger partial charge in [-0.15, -0.1) is 0 Å². The third-order valence-corrected chi connectivity index (χ3v) is 4.01. The van der Waals surface area contributed by atoms with Crippen LogP contribution < -0.4 is 10.6 Å². The largest absolute Gasteiger partial charge is 0.409 e. The molecule has 90 valence electrons. The second kappa shape index (κ2) is 3.95. The quantitative estimate of drug-likeness (QED) is 0.353. The van der Waals surface area contributed by atoms with Gasteiger partial charge in [0.2, 0.25) is 0 Å². The van der Waals surface area contributed by atoms with Crippen LogP contribution in [0.3, 0.4) is 0 Å². The molecule has 4 nitrogen and oxygen atoms in total. The van der Waals surface area contributed by atoms with Crippen LogP contribution in [0.5, 0.6) is 0 Å². The maximum atomic E-state index is 8.61. The molecule has 0 aromatic heterocycles. The van der Waals surface area contributed by atoms with E-state index in [4.69, 9.17) is 10.9 Å². The Morgan fingerprint density at radius 1 is 1.29 bits per heavy atom. The maximum Gasteiger partial charge on any atom is 0.170 e. The number of nitrogens with two attached hydrogens (primary N) is 1. The summed E-state index contributed by atoms with van der Waals surface area (Å²) in [5.74, 6) is 1.06. The predicted molar refractivity (Wildman–Crippen MR) is 67.4 cm³/mol. The van der Waals surface area contributed by atoms with Crippen LogP contribution in [0.1, 0.15) is 24.8 Å². The van der Waals surface area contributed by atoms with Gasteiger partial charge in [0.25, 0.3) is 0 Å². The smallest absolute Gasteiger partial charge is 0.170 e. The molecule has 4 heteroatoms. The normalized spacial score (nSPS) is 27.8. The minimum atomic E-state index is 0.166. The molecular formula is C13H17N3O. The molecule has 1 saturated heterocycles. The monoisotopic (exact) mass is 231 g/mol. The summed E-state index contributed by atoms with van der Waals surface area (Å²) in [4.78, 5) is 2.49. The van der Waals surface area contributed by atoms with E-state index in [1.807, 2.05) is 12.1 Å². The van der Waals surface area contributed by atoms with Crippen LogP contribution in [-0.4, -0.2) is 23.6 Å². The molecular weight excluding hydrogens is 214 g/mol. The van der Waals surface area contributed by atoms with E-state index in [2.05, 4.69) is 22.2 Å². The molecule has 2 fully saturated rings. The lowest BCUT2D eigenvalue weighted by molar-refractivity contribution is 0.318. The Morgan fingerprint density at radius 2 is 2.06 bits per heavy atom. The lowest BCUT2D eigenvalue weighted by Gasteiger charge is -2.29. The fraction of sp³-hybridized carbons (Fsp3) is 0.462. The minimum absolute atomic E-state index is 0.166. The van der Waals surface area contributed by atoms with Gasteiger partial charge < -0.3 is 15.8 Å². The molecule has 1 saturated carbocycles. The Morgan fingerprint density at radius 3 is 2.59 bits per heavy atom. The highest BCUT2D eigenvalue weighted by atomic mass is 16.4. The number of nitrogens with zero attached hydrogens (tertiary/aromatic N) is 2. The Bertz CT molecular complexity index is 440. The standard InChI is InChI=1S/C13H17N3O/c14-13(15-17)10-2-5-11(6-3-10)16-8-9-1-4-12(16)7-9/h2-3,5-6,9,12,17H,1,4,7-8H2,(H2,14,15). The van der Waals surface area contributed by atoms with Gasteiger partial charge in [-0.2, -0.15) is 0 Å². The zero-order valence-electron chi connectivity index (χ0n) is 9.71. The summed E-state index contributed by atoms with van der Waals surface area (Å²) in [5.41, 5.74) is 7.57. The zero-order chi connectivity index (χ0) is 11.8. The van der Waals surface area contributed by atoms with Gasteiger partial charge >= 0.3 is 0 Å². The third-order valence-electron chi connectivity index (χ3n) is 4.01. The number of piperidine rings is 1. The van der Waals surface area contributed by atoms with Crippen molar-refractivity contribution < 1.29 is 5.21 Å². The van der Waals surface area contributed by atoms with Crippen LogP contribution in [0.25, 0.3) is 0 Å². The molecule has 0 radical (unpaired) electrons. The molecule has 2 atom stereocenters. The van der Waals surface area contributed by atoms with Crippen molar-refractivity contribution in [3.63, 3.8) is 0 Å². The molecule has 2 unspecified atom stereocenters. The first-order valence-corrected chi connectivity index (χ1v) is 6.12. The van der Waals surface area contributed by atoms with Crippen molar-refractivity contribution in [1.82, 2.24) is 0 Å². The summed E-state index contributed by atoms with van der Waals surface area (Å²) in [6, 6.07) is 8.68. The fourth-order valence-corrected chi connectivity index (χ4v) is 3.12. The van der Waals surface area contributed by atoms with Crippen molar-refractivity contribution in [1.29, 1.82) is 0 Å². The lowest BCUT2D eigenvalue weighted by atomic mass is 10.1. The molecule has 3 rings (SSSR count). The van der Waals surface area contributed by atoms with Crippen molar-refractivity contribution in [3.8, 4) is 0 Å². The molecule has 1 aromatic carbocycles. The zero-order valence-corrected chi connectivity index (χ0v) is 9.71. The van der Waals surface area contributed by atoms with E-state index in [1.54, 1.807) is 0 Å². The van der Waals surface area contributed by atoms with E-state index in [1.165, 1.54) is 31.5 Å². The number of amidine groups is 1. The third kappa shape index (κ3) is 1.73. The van der Waals surface area contributed by atoms with Crippen LogP contribution >= 0.6 is 0 Å². The van der Waals surface area contributed by atoms with Crippen LogP contribution in [-0.2, 0) is 0 Å². The van der Waals surface area contributed by atoms with Gasteiger partial charge in [-0.3, -0.25) is 0 Å². The van der Waals surface area contributed by atoms with E-state index in [0.717, 1.165) is 17.5 Å². The molecule has 1 aliphatic carbocycles. The summed E-state index contributed by atoms with van der Waals surface area (Å²) in [6.45, 7) is 1.19. The van der Waals surface area contributed by atoms with E-state index >= 15 is 0 Å². The summed E-state index contributed by atoms with van der Waals surface area (Å²) < 4.78 is 0. The van der Waals surface area contributed by atoms with Gasteiger partial charge in [0, 0.05) is 23.8 Å². The Kier molecular flexibility index (Phi) is 2.42. The average Bonchev–Trinajstić information content (AvgIpc) is 3.00. The molecule has 3 N–H and O–H groups in total. The Hall–Kier alpha value is -1.71. The van der Waals surface area contributed by atoms with E-state index < -0.39 is 0 Å². The van der Waals surface area contributed by atoms with E-state index in [0.29, 0.717) is 0 Å². The van der Waals surface area contributed by atoms with Crippen LogP contribution in [0, 0.1) is 5.92 Å². The van der Waals surface area contributed by atoms with Gasteiger partial charge in [0.15, 0.2) is 5.84 Å². The van der Waals surface area contributed by atoms with Crippen molar-refractivity contribution in [3.05, 3.63) is 29.8 Å². The predicted octanol–water partition coefficient (Wildman–Crippen LogP) is 1.77. The molecule has 2 aliphatic rings. The number of oxime groups is 1. The first-order valence-electron chi connectivity index (χ1n) is 6.12. The van der Waals surface area contributed by atoms with Crippen molar-refractivity contribution in [2.75, 3.05) is 11.4 Å². The van der Waals surface area contributed by atoms with Gasteiger partial charge in [-0.05, 0) is 49.4 Å². The summed E-state index contributed by atoms with van der Waals surface area (Å²) in [7, 11) is 0. The molecule has 0 amide bonds. The number of hydrogen-bond acceptors (Lipinski definition) is 3. The summed E-state index contributed by atoms with van der Waals surface area (Å²) in [6.07, 6.45) is 4.07. The fourth-order valence-electron chi connectivity index (χ4n) is 3.12. The molecule has 17 heavy (non-hydrogen) atoms. The number of benzene rings is 1. The second-order valence-corrected chi connectivity index (χ2v) is 5.02. The number of fused-ring (bicyclic) bond motifs is 2. The molecule has 1 aromatic rings. The second-order valence-electron chi connectivity index (χ2n) is 5.02. The molecule has 1 aliphatic heterocycles. The highest BCUT2D eigenvalue weighted by molar-refractivity contribution is 5.97. The van der Waals surface area contributed by atoms with Gasteiger partial charge in [-0.25, -0.2) is 0 Å². The number of hydrogen-bond donors (Lipinski definition) is 2. The van der Waals surface area contributed by atoms with Crippen molar-refractivity contribution in [2.24, 2.45) is 16.8 Å². The Labute approximate surface area is 101 Å². The first kappa shape index (κ1) is 10.4. The van der Waals surface area contributed by atoms with E-state index in [9.17, 15) is 0 Å².